The third-order valence-corrected chi connectivity index (χ3v) is 7.78. The second-order valence-electron chi connectivity index (χ2n) is 9.53. The van der Waals surface area contributed by atoms with Gasteiger partial charge in [-0.25, -0.2) is 0 Å². The Hall–Kier alpha value is -4.30. The van der Waals surface area contributed by atoms with Gasteiger partial charge in [-0.3, -0.25) is 9.59 Å². The van der Waals surface area contributed by atoms with Crippen molar-refractivity contribution in [3.8, 4) is 22.3 Å². The number of Topliss-reactive ketones (excluding diaryl/α,β-unsaturated/α-hetero) is 2. The fraction of sp³-hybridized carbons (Fsp3) is 0.0625. The van der Waals surface area contributed by atoms with E-state index in [2.05, 4.69) is 72.8 Å². The molecule has 0 amide bonds. The first-order valence-corrected chi connectivity index (χ1v) is 11.7. The van der Waals surface area contributed by atoms with Crippen molar-refractivity contribution in [1.82, 2.24) is 0 Å². The van der Waals surface area contributed by atoms with Crippen molar-refractivity contribution in [3.05, 3.63) is 107 Å². The Morgan fingerprint density at radius 2 is 0.912 bits per heavy atom. The predicted molar refractivity (Wildman–Crippen MR) is 137 cm³/mol. The SMILES string of the molecule is O=C1Cc2ccccc2-c2c1cc1ccc3c4c(cc5ccc2c1c53)C(=O)Cc1ccccc1-4. The van der Waals surface area contributed by atoms with Crippen LogP contribution >= 0.6 is 0 Å². The third kappa shape index (κ3) is 2.16. The van der Waals surface area contributed by atoms with Gasteiger partial charge in [-0.05, 0) is 66.7 Å². The molecule has 0 saturated heterocycles. The lowest BCUT2D eigenvalue weighted by atomic mass is 9.77. The summed E-state index contributed by atoms with van der Waals surface area (Å²) in [7, 11) is 0. The average Bonchev–Trinajstić information content (AvgIpc) is 2.87. The van der Waals surface area contributed by atoms with Crippen LogP contribution in [-0.4, -0.2) is 11.6 Å². The number of carbonyl (C=O) groups excluding carboxylic acids is 2. The van der Waals surface area contributed by atoms with Crippen LogP contribution in [0.1, 0.15) is 31.8 Å². The average molecular weight is 434 g/mol. The fourth-order valence-electron chi connectivity index (χ4n) is 6.34. The van der Waals surface area contributed by atoms with Gasteiger partial charge in [-0.2, -0.15) is 0 Å². The molecule has 6 aromatic carbocycles. The van der Waals surface area contributed by atoms with E-state index in [4.69, 9.17) is 0 Å². The van der Waals surface area contributed by atoms with E-state index >= 15 is 0 Å². The van der Waals surface area contributed by atoms with Crippen LogP contribution in [0.15, 0.2) is 84.9 Å². The van der Waals surface area contributed by atoms with Gasteiger partial charge in [0.2, 0.25) is 0 Å². The zero-order chi connectivity index (χ0) is 22.6. The Balaban J connectivity index is 1.58. The summed E-state index contributed by atoms with van der Waals surface area (Å²) in [5.74, 6) is 0.354. The fourth-order valence-corrected chi connectivity index (χ4v) is 6.34. The zero-order valence-corrected chi connectivity index (χ0v) is 18.3. The van der Waals surface area contributed by atoms with Crippen LogP contribution in [0.5, 0.6) is 0 Å². The quantitative estimate of drug-likeness (QED) is 0.234. The Labute approximate surface area is 195 Å². The molecule has 0 radical (unpaired) electrons. The Bertz CT molecular complexity index is 1750. The van der Waals surface area contributed by atoms with E-state index in [1.54, 1.807) is 0 Å². The van der Waals surface area contributed by atoms with Gasteiger partial charge < -0.3 is 0 Å². The molecule has 2 aliphatic carbocycles. The number of rotatable bonds is 0. The lowest BCUT2D eigenvalue weighted by molar-refractivity contribution is 0.0984. The summed E-state index contributed by atoms with van der Waals surface area (Å²) < 4.78 is 0. The van der Waals surface area contributed by atoms with Crippen molar-refractivity contribution in [2.75, 3.05) is 0 Å². The maximum absolute atomic E-state index is 13.1. The van der Waals surface area contributed by atoms with Crippen LogP contribution < -0.4 is 0 Å². The van der Waals surface area contributed by atoms with Gasteiger partial charge in [-0.15, -0.1) is 0 Å². The van der Waals surface area contributed by atoms with Crippen molar-refractivity contribution in [3.63, 3.8) is 0 Å². The molecule has 0 heterocycles. The molecule has 2 heteroatoms. The molecule has 0 spiro atoms. The number of benzene rings is 6. The molecule has 0 fully saturated rings. The van der Waals surface area contributed by atoms with Crippen molar-refractivity contribution in [2.24, 2.45) is 0 Å². The monoisotopic (exact) mass is 434 g/mol. The van der Waals surface area contributed by atoms with E-state index in [0.717, 1.165) is 66.1 Å². The molecule has 0 aliphatic heterocycles. The molecule has 0 saturated carbocycles. The van der Waals surface area contributed by atoms with Gasteiger partial charge in [0.25, 0.3) is 0 Å². The summed E-state index contributed by atoms with van der Waals surface area (Å²) in [6.45, 7) is 0. The maximum atomic E-state index is 13.1. The molecule has 158 valence electrons. The number of carbonyl (C=O) groups is 2. The van der Waals surface area contributed by atoms with Crippen molar-refractivity contribution in [1.29, 1.82) is 0 Å². The molecule has 0 N–H and O–H groups in total. The summed E-state index contributed by atoms with van der Waals surface area (Å²) in [6.07, 6.45) is 0.895. The maximum Gasteiger partial charge on any atom is 0.167 e. The molecule has 2 nitrogen and oxygen atoms in total. The minimum Gasteiger partial charge on any atom is -0.294 e. The normalized spacial score (nSPS) is 14.4. The molecule has 0 atom stereocenters. The number of hydrogen-bond donors (Lipinski definition) is 0. The first kappa shape index (κ1) is 18.2. The van der Waals surface area contributed by atoms with Crippen LogP contribution in [0.25, 0.3) is 54.6 Å². The highest BCUT2D eigenvalue weighted by Crippen LogP contribution is 2.48. The van der Waals surface area contributed by atoms with Crippen LogP contribution in [0, 0.1) is 0 Å². The number of fused-ring (bicyclic) bond motifs is 8. The Kier molecular flexibility index (Phi) is 3.30. The summed E-state index contributed by atoms with van der Waals surface area (Å²) in [6, 6.07) is 29.2. The Morgan fingerprint density at radius 3 is 1.38 bits per heavy atom. The van der Waals surface area contributed by atoms with E-state index < -0.39 is 0 Å². The lowest BCUT2D eigenvalue weighted by Gasteiger charge is -2.25. The molecule has 2 aliphatic rings. The largest absolute Gasteiger partial charge is 0.294 e. The third-order valence-electron chi connectivity index (χ3n) is 7.78. The topological polar surface area (TPSA) is 34.1 Å². The second kappa shape index (κ2) is 6.18. The van der Waals surface area contributed by atoms with E-state index in [9.17, 15) is 9.59 Å². The van der Waals surface area contributed by atoms with Crippen LogP contribution in [0.2, 0.25) is 0 Å². The van der Waals surface area contributed by atoms with Crippen molar-refractivity contribution in [2.45, 2.75) is 12.8 Å². The van der Waals surface area contributed by atoms with Gasteiger partial charge in [0, 0.05) is 35.1 Å². The second-order valence-corrected chi connectivity index (χ2v) is 9.53. The summed E-state index contributed by atoms with van der Waals surface area (Å²) in [5, 5.41) is 6.74. The highest BCUT2D eigenvalue weighted by molar-refractivity contribution is 6.32. The standard InChI is InChI=1S/C32H18O2/c33-27-15-17-5-1-3-7-21(17)31-23-11-9-20-14-26-28(34)16-18-6-2-4-8-22(18)32(26)24-12-10-19(13-25(27)31)29(23)30(20)24/h1-14H,15-16H2. The van der Waals surface area contributed by atoms with Gasteiger partial charge in [0.15, 0.2) is 11.6 Å². The van der Waals surface area contributed by atoms with E-state index in [1.807, 2.05) is 12.1 Å². The molecule has 0 aromatic heterocycles. The predicted octanol–water partition coefficient (Wildman–Crippen LogP) is 7.40. The molecule has 8 rings (SSSR count). The van der Waals surface area contributed by atoms with Gasteiger partial charge in [0.05, 0.1) is 0 Å². The minimum atomic E-state index is 0.177. The summed E-state index contributed by atoms with van der Waals surface area (Å²) in [4.78, 5) is 26.3. The molecule has 6 aromatic rings. The van der Waals surface area contributed by atoms with Crippen LogP contribution in [0.3, 0.4) is 0 Å². The van der Waals surface area contributed by atoms with E-state index in [1.165, 1.54) is 10.8 Å². The van der Waals surface area contributed by atoms with Gasteiger partial charge in [0.1, 0.15) is 0 Å². The smallest absolute Gasteiger partial charge is 0.167 e. The first-order chi connectivity index (χ1) is 16.7. The van der Waals surface area contributed by atoms with Crippen LogP contribution in [0.4, 0.5) is 0 Å². The van der Waals surface area contributed by atoms with Gasteiger partial charge >= 0.3 is 0 Å². The lowest BCUT2D eigenvalue weighted by Crippen LogP contribution is -2.14. The van der Waals surface area contributed by atoms with E-state index in [-0.39, 0.29) is 11.6 Å². The van der Waals surface area contributed by atoms with Crippen molar-refractivity contribution >= 4 is 43.9 Å². The molecule has 0 unspecified atom stereocenters. The summed E-state index contributed by atoms with van der Waals surface area (Å²) >= 11 is 0. The molecular weight excluding hydrogens is 416 g/mol. The highest BCUT2D eigenvalue weighted by atomic mass is 16.1. The Morgan fingerprint density at radius 1 is 0.471 bits per heavy atom. The number of ketones is 2. The van der Waals surface area contributed by atoms with E-state index in [0.29, 0.717) is 12.8 Å². The molecule has 0 bridgehead atoms. The summed E-state index contributed by atoms with van der Waals surface area (Å²) in [5.41, 5.74) is 8.19. The van der Waals surface area contributed by atoms with Crippen LogP contribution in [-0.2, 0) is 12.8 Å². The molecule has 34 heavy (non-hydrogen) atoms. The zero-order valence-electron chi connectivity index (χ0n) is 18.3. The van der Waals surface area contributed by atoms with Crippen molar-refractivity contribution < 1.29 is 9.59 Å². The first-order valence-electron chi connectivity index (χ1n) is 11.7. The minimum absolute atomic E-state index is 0.177. The van der Waals surface area contributed by atoms with Gasteiger partial charge in [-0.1, -0.05) is 72.8 Å². The highest BCUT2D eigenvalue weighted by Gasteiger charge is 2.29. The number of hydrogen-bond acceptors (Lipinski definition) is 2. The molecular formula is C32H18O2.